The second kappa shape index (κ2) is 13.2. The van der Waals surface area contributed by atoms with E-state index in [1.54, 1.807) is 12.1 Å². The predicted molar refractivity (Wildman–Crippen MR) is 151 cm³/mol. The maximum Gasteiger partial charge on any atom is 0.314 e. The standard InChI is InChI=1S/C33H41NO4/c1-3-25(2)32(36)38-30-18-16-26(17-19-30)31(35)15-10-22-34-23-20-29(21-24-34)33(37,27-11-6-4-7-12-27)28-13-8-5-9-14-28/h4-9,11-14,16-19,25,29,31,35,37H,3,10,15,20-24H2,1-2H3. The largest absolute Gasteiger partial charge is 0.426 e. The van der Waals surface area contributed by atoms with Crippen molar-refractivity contribution in [3.63, 3.8) is 0 Å². The van der Waals surface area contributed by atoms with Crippen LogP contribution in [-0.2, 0) is 10.4 Å². The summed E-state index contributed by atoms with van der Waals surface area (Å²) in [5.74, 6) is 0.300. The fraction of sp³-hybridized carbons (Fsp3) is 0.424. The third-order valence-electron chi connectivity index (χ3n) is 8.06. The zero-order valence-corrected chi connectivity index (χ0v) is 22.6. The van der Waals surface area contributed by atoms with Crippen LogP contribution in [0.4, 0.5) is 0 Å². The Hall–Kier alpha value is -2.99. The molecule has 0 saturated carbocycles. The van der Waals surface area contributed by atoms with Gasteiger partial charge in [0.2, 0.25) is 0 Å². The van der Waals surface area contributed by atoms with Crippen LogP contribution in [0.1, 0.15) is 68.7 Å². The lowest BCUT2D eigenvalue weighted by molar-refractivity contribution is -0.138. The monoisotopic (exact) mass is 515 g/mol. The molecule has 5 heteroatoms. The highest BCUT2D eigenvalue weighted by molar-refractivity contribution is 5.74. The highest BCUT2D eigenvalue weighted by Crippen LogP contribution is 2.42. The van der Waals surface area contributed by atoms with E-state index in [0.717, 1.165) is 62.0 Å². The number of aliphatic hydroxyl groups is 2. The molecular formula is C33H41NO4. The molecule has 1 heterocycles. The summed E-state index contributed by atoms with van der Waals surface area (Å²) >= 11 is 0. The molecule has 1 fully saturated rings. The molecule has 38 heavy (non-hydrogen) atoms. The Labute approximate surface area is 227 Å². The SMILES string of the molecule is CCC(C)C(=O)Oc1ccc(C(O)CCCN2CCC(C(O)(c3ccccc3)c3ccccc3)CC2)cc1. The number of piperidine rings is 1. The van der Waals surface area contributed by atoms with E-state index in [1.165, 1.54) is 0 Å². The highest BCUT2D eigenvalue weighted by Gasteiger charge is 2.41. The molecule has 1 saturated heterocycles. The van der Waals surface area contributed by atoms with Crippen molar-refractivity contribution >= 4 is 5.97 Å². The summed E-state index contributed by atoms with van der Waals surface area (Å²) in [5, 5.41) is 22.8. The molecule has 2 unspecified atom stereocenters. The van der Waals surface area contributed by atoms with Crippen LogP contribution in [-0.4, -0.2) is 40.7 Å². The van der Waals surface area contributed by atoms with E-state index in [9.17, 15) is 15.0 Å². The van der Waals surface area contributed by atoms with Gasteiger partial charge in [0.15, 0.2) is 0 Å². The summed E-state index contributed by atoms with van der Waals surface area (Å²) in [6, 6.07) is 27.3. The Kier molecular flexibility index (Phi) is 9.73. The third kappa shape index (κ3) is 6.71. The fourth-order valence-corrected chi connectivity index (χ4v) is 5.41. The number of aliphatic hydroxyl groups excluding tert-OH is 1. The average Bonchev–Trinajstić information content (AvgIpc) is 2.97. The predicted octanol–water partition coefficient (Wildman–Crippen LogP) is 6.10. The lowest BCUT2D eigenvalue weighted by atomic mass is 9.72. The Morgan fingerprint density at radius 2 is 1.50 bits per heavy atom. The smallest absolute Gasteiger partial charge is 0.314 e. The number of nitrogens with zero attached hydrogens (tertiary/aromatic N) is 1. The van der Waals surface area contributed by atoms with Gasteiger partial charge in [-0.25, -0.2) is 0 Å². The van der Waals surface area contributed by atoms with E-state index < -0.39 is 11.7 Å². The van der Waals surface area contributed by atoms with Crippen molar-refractivity contribution in [2.24, 2.45) is 11.8 Å². The molecule has 0 spiro atoms. The average molecular weight is 516 g/mol. The van der Waals surface area contributed by atoms with E-state index in [4.69, 9.17) is 4.74 Å². The lowest BCUT2D eigenvalue weighted by Crippen LogP contribution is -2.44. The van der Waals surface area contributed by atoms with Crippen molar-refractivity contribution in [3.05, 3.63) is 102 Å². The quantitative estimate of drug-likeness (QED) is 0.239. The lowest BCUT2D eigenvalue weighted by Gasteiger charge is -2.42. The molecule has 0 bridgehead atoms. The minimum Gasteiger partial charge on any atom is -0.426 e. The Morgan fingerprint density at radius 1 is 0.947 bits per heavy atom. The summed E-state index contributed by atoms with van der Waals surface area (Å²) in [6.07, 6.45) is 3.59. The summed E-state index contributed by atoms with van der Waals surface area (Å²) in [5.41, 5.74) is 1.74. The molecule has 1 aliphatic rings. The van der Waals surface area contributed by atoms with Crippen LogP contribution < -0.4 is 4.74 Å². The molecule has 5 nitrogen and oxygen atoms in total. The van der Waals surface area contributed by atoms with Gasteiger partial charge in [0.1, 0.15) is 11.4 Å². The van der Waals surface area contributed by atoms with Gasteiger partial charge in [-0.05, 0) is 86.5 Å². The van der Waals surface area contributed by atoms with Crippen LogP contribution in [0.2, 0.25) is 0 Å². The minimum absolute atomic E-state index is 0.129. The number of carbonyl (C=O) groups is 1. The Balaban J connectivity index is 1.27. The number of hydrogen-bond donors (Lipinski definition) is 2. The molecule has 3 aromatic carbocycles. The first-order valence-electron chi connectivity index (χ1n) is 14.0. The van der Waals surface area contributed by atoms with Gasteiger partial charge in [-0.15, -0.1) is 0 Å². The second-order valence-electron chi connectivity index (χ2n) is 10.6. The first kappa shape index (κ1) is 28.0. The van der Waals surface area contributed by atoms with Crippen LogP contribution >= 0.6 is 0 Å². The van der Waals surface area contributed by atoms with Gasteiger partial charge in [0, 0.05) is 0 Å². The van der Waals surface area contributed by atoms with Gasteiger partial charge in [-0.1, -0.05) is 86.6 Å². The molecule has 0 aromatic heterocycles. The van der Waals surface area contributed by atoms with E-state index >= 15 is 0 Å². The maximum absolute atomic E-state index is 12.1. The zero-order chi connectivity index (χ0) is 27.0. The molecule has 4 rings (SSSR count). The molecule has 0 amide bonds. The van der Waals surface area contributed by atoms with Gasteiger partial charge < -0.3 is 19.8 Å². The van der Waals surface area contributed by atoms with Crippen molar-refractivity contribution in [2.45, 2.75) is 57.7 Å². The second-order valence-corrected chi connectivity index (χ2v) is 10.6. The normalized spacial score (nSPS) is 16.6. The molecule has 202 valence electrons. The molecule has 2 N–H and O–H groups in total. The summed E-state index contributed by atoms with van der Waals surface area (Å²) in [6.45, 7) is 6.60. The van der Waals surface area contributed by atoms with Crippen LogP contribution in [0.25, 0.3) is 0 Å². The summed E-state index contributed by atoms with van der Waals surface area (Å²) < 4.78 is 5.41. The van der Waals surface area contributed by atoms with Crippen molar-refractivity contribution in [2.75, 3.05) is 19.6 Å². The van der Waals surface area contributed by atoms with Crippen LogP contribution in [0.5, 0.6) is 5.75 Å². The van der Waals surface area contributed by atoms with Crippen LogP contribution in [0.3, 0.4) is 0 Å². The van der Waals surface area contributed by atoms with Crippen LogP contribution in [0, 0.1) is 11.8 Å². The number of rotatable bonds is 11. The topological polar surface area (TPSA) is 70.0 Å². The molecule has 3 aromatic rings. The summed E-state index contributed by atoms with van der Waals surface area (Å²) in [4.78, 5) is 14.4. The fourth-order valence-electron chi connectivity index (χ4n) is 5.41. The van der Waals surface area contributed by atoms with Crippen molar-refractivity contribution in [3.8, 4) is 5.75 Å². The van der Waals surface area contributed by atoms with E-state index in [0.29, 0.717) is 12.2 Å². The van der Waals surface area contributed by atoms with E-state index in [1.807, 2.05) is 86.6 Å². The van der Waals surface area contributed by atoms with Gasteiger partial charge in [-0.2, -0.15) is 0 Å². The number of ether oxygens (including phenoxy) is 1. The first-order chi connectivity index (χ1) is 18.4. The number of benzene rings is 3. The minimum atomic E-state index is -1.00. The van der Waals surface area contributed by atoms with Gasteiger partial charge in [0.25, 0.3) is 0 Å². The number of likely N-dealkylation sites (tertiary alicyclic amines) is 1. The highest BCUT2D eigenvalue weighted by atomic mass is 16.5. The first-order valence-corrected chi connectivity index (χ1v) is 14.0. The molecule has 1 aliphatic heterocycles. The molecular weight excluding hydrogens is 474 g/mol. The van der Waals surface area contributed by atoms with Gasteiger partial charge >= 0.3 is 5.97 Å². The molecule has 0 aliphatic carbocycles. The third-order valence-corrected chi connectivity index (χ3v) is 8.06. The summed E-state index contributed by atoms with van der Waals surface area (Å²) in [7, 11) is 0. The Bertz CT molecular complexity index is 1090. The van der Waals surface area contributed by atoms with Gasteiger partial charge in [0.05, 0.1) is 12.0 Å². The van der Waals surface area contributed by atoms with Crippen molar-refractivity contribution in [1.82, 2.24) is 4.90 Å². The number of hydrogen-bond acceptors (Lipinski definition) is 5. The molecule has 2 atom stereocenters. The maximum atomic E-state index is 12.1. The molecule has 0 radical (unpaired) electrons. The van der Waals surface area contributed by atoms with E-state index in [-0.39, 0.29) is 17.8 Å². The van der Waals surface area contributed by atoms with Gasteiger partial charge in [-0.3, -0.25) is 4.79 Å². The van der Waals surface area contributed by atoms with Crippen LogP contribution in [0.15, 0.2) is 84.9 Å². The number of carbonyl (C=O) groups excluding carboxylic acids is 1. The number of esters is 1. The Morgan fingerprint density at radius 3 is 2.03 bits per heavy atom. The van der Waals surface area contributed by atoms with E-state index in [2.05, 4.69) is 4.90 Å². The van der Waals surface area contributed by atoms with Crippen molar-refractivity contribution < 1.29 is 19.7 Å². The van der Waals surface area contributed by atoms with Crippen molar-refractivity contribution in [1.29, 1.82) is 0 Å². The zero-order valence-electron chi connectivity index (χ0n) is 22.6.